The predicted octanol–water partition coefficient (Wildman–Crippen LogP) is 2.08. The summed E-state index contributed by atoms with van der Waals surface area (Å²) in [6, 6.07) is 3.67. The van der Waals surface area contributed by atoms with Crippen LogP contribution in [0.15, 0.2) is 18.2 Å². The Kier molecular flexibility index (Phi) is 6.11. The Balaban J connectivity index is 2.59. The lowest BCUT2D eigenvalue weighted by molar-refractivity contribution is -0.136. The van der Waals surface area contributed by atoms with E-state index in [1.165, 1.54) is 12.1 Å². The van der Waals surface area contributed by atoms with Crippen molar-refractivity contribution in [3.63, 3.8) is 0 Å². The summed E-state index contributed by atoms with van der Waals surface area (Å²) < 4.78 is 13.2. The zero-order chi connectivity index (χ0) is 16.0. The Morgan fingerprint density at radius 3 is 2.43 bits per heavy atom. The van der Waals surface area contributed by atoms with Gasteiger partial charge in [0, 0.05) is 12.2 Å². The van der Waals surface area contributed by atoms with Crippen LogP contribution in [-0.4, -0.2) is 29.1 Å². The molecule has 0 bridgehead atoms. The van der Waals surface area contributed by atoms with Gasteiger partial charge in [0.1, 0.15) is 5.82 Å². The Morgan fingerprint density at radius 2 is 1.90 bits per heavy atom. The van der Waals surface area contributed by atoms with Crippen molar-refractivity contribution in [2.75, 3.05) is 11.9 Å². The molecule has 0 spiro atoms. The second-order valence-electron chi connectivity index (χ2n) is 4.70. The highest BCUT2D eigenvalue weighted by Gasteiger charge is 2.24. The molecule has 0 heterocycles. The van der Waals surface area contributed by atoms with E-state index in [0.717, 1.165) is 6.07 Å². The molecule has 21 heavy (non-hydrogen) atoms. The van der Waals surface area contributed by atoms with Gasteiger partial charge in [-0.25, -0.2) is 4.39 Å². The molecule has 116 valence electrons. The van der Waals surface area contributed by atoms with Gasteiger partial charge in [0.05, 0.1) is 10.6 Å². The van der Waals surface area contributed by atoms with Crippen LogP contribution in [0, 0.1) is 5.82 Å². The molecule has 0 fully saturated rings. The Labute approximate surface area is 127 Å². The van der Waals surface area contributed by atoms with Crippen molar-refractivity contribution in [3.8, 4) is 0 Å². The van der Waals surface area contributed by atoms with Crippen molar-refractivity contribution in [2.24, 2.45) is 0 Å². The van der Waals surface area contributed by atoms with Crippen LogP contribution < -0.4 is 10.6 Å². The molecule has 5 nitrogen and oxygen atoms in total. The van der Waals surface area contributed by atoms with Crippen molar-refractivity contribution in [3.05, 3.63) is 29.0 Å². The minimum absolute atomic E-state index is 0.0266. The van der Waals surface area contributed by atoms with Crippen LogP contribution in [0.25, 0.3) is 0 Å². The van der Waals surface area contributed by atoms with E-state index in [-0.39, 0.29) is 17.3 Å². The molecule has 2 amide bonds. The van der Waals surface area contributed by atoms with Gasteiger partial charge < -0.3 is 15.7 Å². The molecule has 1 aromatic rings. The van der Waals surface area contributed by atoms with Gasteiger partial charge in [-0.3, -0.25) is 9.59 Å². The highest BCUT2D eigenvalue weighted by Crippen LogP contribution is 2.18. The van der Waals surface area contributed by atoms with Crippen LogP contribution in [0.4, 0.5) is 10.1 Å². The fourth-order valence-corrected chi connectivity index (χ4v) is 1.70. The number of benzene rings is 1. The number of hydrogen-bond donors (Lipinski definition) is 3. The SMILES string of the molecule is CCC(O)(CC)CNC(=O)C(=O)Nc1ccc(Cl)c(F)c1. The summed E-state index contributed by atoms with van der Waals surface area (Å²) >= 11 is 5.52. The van der Waals surface area contributed by atoms with E-state index in [1.54, 1.807) is 13.8 Å². The number of carbonyl (C=O) groups excluding carboxylic acids is 2. The number of aliphatic hydroxyl groups is 1. The maximum atomic E-state index is 13.2. The second kappa shape index (κ2) is 7.38. The van der Waals surface area contributed by atoms with Gasteiger partial charge in [0.25, 0.3) is 0 Å². The maximum Gasteiger partial charge on any atom is 0.313 e. The quantitative estimate of drug-likeness (QED) is 0.728. The summed E-state index contributed by atoms with van der Waals surface area (Å²) in [6.07, 6.45) is 0.904. The van der Waals surface area contributed by atoms with E-state index < -0.39 is 23.2 Å². The monoisotopic (exact) mass is 316 g/mol. The molecule has 0 aliphatic heterocycles. The van der Waals surface area contributed by atoms with Crippen LogP contribution in [0.1, 0.15) is 26.7 Å². The number of nitrogens with one attached hydrogen (secondary N) is 2. The van der Waals surface area contributed by atoms with E-state index in [1.807, 2.05) is 0 Å². The van der Waals surface area contributed by atoms with Crippen LogP contribution >= 0.6 is 11.6 Å². The van der Waals surface area contributed by atoms with Gasteiger partial charge in [-0.05, 0) is 31.0 Å². The minimum atomic E-state index is -1.04. The first-order chi connectivity index (χ1) is 9.81. The van der Waals surface area contributed by atoms with Gasteiger partial charge in [0.2, 0.25) is 0 Å². The van der Waals surface area contributed by atoms with Crippen LogP contribution in [0.3, 0.4) is 0 Å². The molecule has 7 heteroatoms. The van der Waals surface area contributed by atoms with E-state index >= 15 is 0 Å². The number of hydrogen-bond acceptors (Lipinski definition) is 3. The molecule has 0 atom stereocenters. The second-order valence-corrected chi connectivity index (χ2v) is 5.10. The molecule has 0 aliphatic rings. The fraction of sp³-hybridized carbons (Fsp3) is 0.429. The van der Waals surface area contributed by atoms with Crippen molar-refractivity contribution in [1.82, 2.24) is 5.32 Å². The number of halogens is 2. The number of anilines is 1. The maximum absolute atomic E-state index is 13.2. The highest BCUT2D eigenvalue weighted by atomic mass is 35.5. The molecule has 0 saturated heterocycles. The minimum Gasteiger partial charge on any atom is -0.388 e. The van der Waals surface area contributed by atoms with Gasteiger partial charge in [-0.2, -0.15) is 0 Å². The van der Waals surface area contributed by atoms with Gasteiger partial charge in [-0.15, -0.1) is 0 Å². The highest BCUT2D eigenvalue weighted by molar-refractivity contribution is 6.39. The number of carbonyl (C=O) groups is 2. The molecule has 1 rings (SSSR count). The lowest BCUT2D eigenvalue weighted by Crippen LogP contribution is -2.45. The fourth-order valence-electron chi connectivity index (χ4n) is 1.59. The van der Waals surface area contributed by atoms with Crippen LogP contribution in [0.2, 0.25) is 5.02 Å². The van der Waals surface area contributed by atoms with Crippen LogP contribution in [0.5, 0.6) is 0 Å². The Morgan fingerprint density at radius 1 is 1.29 bits per heavy atom. The zero-order valence-corrected chi connectivity index (χ0v) is 12.6. The van der Waals surface area contributed by atoms with E-state index in [4.69, 9.17) is 11.6 Å². The summed E-state index contributed by atoms with van der Waals surface area (Å²) in [5.74, 6) is -2.53. The van der Waals surface area contributed by atoms with Crippen LogP contribution in [-0.2, 0) is 9.59 Å². The Bertz CT molecular complexity index is 533. The molecule has 0 unspecified atom stereocenters. The first kappa shape index (κ1) is 17.4. The molecule has 0 aromatic heterocycles. The topological polar surface area (TPSA) is 78.4 Å². The van der Waals surface area contributed by atoms with Gasteiger partial charge in [-0.1, -0.05) is 25.4 Å². The largest absolute Gasteiger partial charge is 0.388 e. The molecule has 0 radical (unpaired) electrons. The van der Waals surface area contributed by atoms with Gasteiger partial charge in [0.15, 0.2) is 0 Å². The number of rotatable bonds is 5. The average molecular weight is 317 g/mol. The van der Waals surface area contributed by atoms with E-state index in [2.05, 4.69) is 10.6 Å². The predicted molar refractivity (Wildman–Crippen MR) is 78.6 cm³/mol. The third kappa shape index (κ3) is 4.99. The van der Waals surface area contributed by atoms with E-state index in [9.17, 15) is 19.1 Å². The van der Waals surface area contributed by atoms with Gasteiger partial charge >= 0.3 is 11.8 Å². The standard InChI is InChI=1S/C14H18ClFN2O3/c1-3-14(21,4-2)8-17-12(19)13(20)18-9-5-6-10(15)11(16)7-9/h5-7,21H,3-4,8H2,1-2H3,(H,17,19)(H,18,20). The first-order valence-corrected chi connectivity index (χ1v) is 6.95. The van der Waals surface area contributed by atoms with E-state index in [0.29, 0.717) is 12.8 Å². The molecule has 3 N–H and O–H groups in total. The molecular formula is C14H18ClFN2O3. The van der Waals surface area contributed by atoms with Crippen molar-refractivity contribution < 1.29 is 19.1 Å². The Hall–Kier alpha value is -1.66. The van der Waals surface area contributed by atoms with Crippen molar-refractivity contribution >= 4 is 29.1 Å². The molecule has 0 aliphatic carbocycles. The third-order valence-corrected chi connectivity index (χ3v) is 3.58. The summed E-state index contributed by atoms with van der Waals surface area (Å²) in [7, 11) is 0. The zero-order valence-electron chi connectivity index (χ0n) is 11.9. The smallest absolute Gasteiger partial charge is 0.313 e. The molecule has 0 saturated carbocycles. The summed E-state index contributed by atoms with van der Waals surface area (Å²) in [5.41, 5.74) is -0.916. The van der Waals surface area contributed by atoms with Crippen molar-refractivity contribution in [1.29, 1.82) is 0 Å². The lowest BCUT2D eigenvalue weighted by Gasteiger charge is -2.25. The summed E-state index contributed by atoms with van der Waals surface area (Å²) in [5, 5.41) is 14.5. The lowest BCUT2D eigenvalue weighted by atomic mass is 9.98. The first-order valence-electron chi connectivity index (χ1n) is 6.58. The van der Waals surface area contributed by atoms with Crippen molar-refractivity contribution in [2.45, 2.75) is 32.3 Å². The normalized spacial score (nSPS) is 11.1. The molecule has 1 aromatic carbocycles. The molecular weight excluding hydrogens is 299 g/mol. The third-order valence-electron chi connectivity index (χ3n) is 3.28. The summed E-state index contributed by atoms with van der Waals surface area (Å²) in [4.78, 5) is 23.3. The average Bonchev–Trinajstić information content (AvgIpc) is 2.48. The summed E-state index contributed by atoms with van der Waals surface area (Å²) in [6.45, 7) is 3.54. The number of amides is 2.